The molecule has 1 fully saturated rings. The summed E-state index contributed by atoms with van der Waals surface area (Å²) in [6.45, 7) is 3.88. The van der Waals surface area contributed by atoms with Crippen molar-refractivity contribution in [2.24, 2.45) is 0 Å². The Hall–Kier alpha value is -0.940. The summed E-state index contributed by atoms with van der Waals surface area (Å²) in [6, 6.07) is 8.44. The van der Waals surface area contributed by atoms with Gasteiger partial charge in [-0.3, -0.25) is 4.90 Å². The standard InChI is InChI=1S/C14H16ClN3S/c15-12-4-2-1-3-11(12)13-9-16-5-7-18(13)10-14-17-6-8-19-14/h1-4,6,8,13,16H,5,7,9-10H2. The van der Waals surface area contributed by atoms with E-state index in [9.17, 15) is 0 Å². The second-order valence-electron chi connectivity index (χ2n) is 4.64. The number of hydrogen-bond acceptors (Lipinski definition) is 4. The summed E-state index contributed by atoms with van der Waals surface area (Å²) in [6.07, 6.45) is 1.87. The Morgan fingerprint density at radius 2 is 2.32 bits per heavy atom. The molecule has 1 aliphatic heterocycles. The fourth-order valence-electron chi connectivity index (χ4n) is 2.49. The molecule has 0 aliphatic carbocycles. The van der Waals surface area contributed by atoms with Gasteiger partial charge in [0, 0.05) is 42.3 Å². The van der Waals surface area contributed by atoms with Crippen molar-refractivity contribution in [3.63, 3.8) is 0 Å². The molecule has 0 amide bonds. The highest BCUT2D eigenvalue weighted by Crippen LogP contribution is 2.29. The third-order valence-electron chi connectivity index (χ3n) is 3.44. The number of benzene rings is 1. The first-order chi connectivity index (χ1) is 9.34. The van der Waals surface area contributed by atoms with Crippen LogP contribution in [0.1, 0.15) is 16.6 Å². The van der Waals surface area contributed by atoms with Gasteiger partial charge in [-0.05, 0) is 11.6 Å². The first-order valence-electron chi connectivity index (χ1n) is 6.42. The van der Waals surface area contributed by atoms with Crippen LogP contribution < -0.4 is 5.32 Å². The summed E-state index contributed by atoms with van der Waals surface area (Å²) >= 11 is 8.05. The molecule has 1 atom stereocenters. The molecule has 3 rings (SSSR count). The second-order valence-corrected chi connectivity index (χ2v) is 6.02. The molecule has 1 aliphatic rings. The van der Waals surface area contributed by atoms with Crippen LogP contribution in [0.25, 0.3) is 0 Å². The molecule has 2 heterocycles. The lowest BCUT2D eigenvalue weighted by Gasteiger charge is -2.36. The molecule has 0 saturated carbocycles. The lowest BCUT2D eigenvalue weighted by Crippen LogP contribution is -2.45. The van der Waals surface area contributed by atoms with Gasteiger partial charge in [0.15, 0.2) is 0 Å². The van der Waals surface area contributed by atoms with E-state index in [1.54, 1.807) is 11.3 Å². The number of aromatic nitrogens is 1. The molecule has 0 spiro atoms. The monoisotopic (exact) mass is 293 g/mol. The topological polar surface area (TPSA) is 28.2 Å². The maximum Gasteiger partial charge on any atom is 0.107 e. The number of hydrogen-bond donors (Lipinski definition) is 1. The highest BCUT2D eigenvalue weighted by atomic mass is 35.5. The molecule has 2 aromatic rings. The average Bonchev–Trinajstić information content (AvgIpc) is 2.93. The molecule has 1 N–H and O–H groups in total. The molecule has 3 nitrogen and oxygen atoms in total. The highest BCUT2D eigenvalue weighted by molar-refractivity contribution is 7.09. The van der Waals surface area contributed by atoms with Gasteiger partial charge < -0.3 is 5.32 Å². The van der Waals surface area contributed by atoms with E-state index < -0.39 is 0 Å². The van der Waals surface area contributed by atoms with Crippen molar-refractivity contribution in [3.8, 4) is 0 Å². The van der Waals surface area contributed by atoms with Gasteiger partial charge in [-0.2, -0.15) is 0 Å². The normalized spacial score (nSPS) is 20.6. The van der Waals surface area contributed by atoms with Crippen LogP contribution in [0.15, 0.2) is 35.8 Å². The predicted molar refractivity (Wildman–Crippen MR) is 79.6 cm³/mol. The van der Waals surface area contributed by atoms with E-state index in [0.717, 1.165) is 31.2 Å². The zero-order chi connectivity index (χ0) is 13.1. The van der Waals surface area contributed by atoms with Crippen LogP contribution in [0, 0.1) is 0 Å². The largest absolute Gasteiger partial charge is 0.314 e. The van der Waals surface area contributed by atoms with Crippen LogP contribution in [0.2, 0.25) is 5.02 Å². The third-order valence-corrected chi connectivity index (χ3v) is 4.55. The minimum absolute atomic E-state index is 0.325. The minimum atomic E-state index is 0.325. The molecular formula is C14H16ClN3S. The summed E-state index contributed by atoms with van der Waals surface area (Å²) in [5, 5.41) is 7.50. The Kier molecular flexibility index (Phi) is 4.13. The van der Waals surface area contributed by atoms with Crippen LogP contribution in [0.3, 0.4) is 0 Å². The number of rotatable bonds is 3. The molecule has 100 valence electrons. The fourth-order valence-corrected chi connectivity index (χ4v) is 3.39. The quantitative estimate of drug-likeness (QED) is 0.943. The maximum absolute atomic E-state index is 6.34. The van der Waals surface area contributed by atoms with Crippen LogP contribution in [0.5, 0.6) is 0 Å². The molecule has 19 heavy (non-hydrogen) atoms. The first kappa shape index (κ1) is 13.1. The Bertz CT molecular complexity index is 529. The summed E-state index contributed by atoms with van der Waals surface area (Å²) in [5.74, 6) is 0. The maximum atomic E-state index is 6.34. The van der Waals surface area contributed by atoms with Gasteiger partial charge >= 0.3 is 0 Å². The fraction of sp³-hybridized carbons (Fsp3) is 0.357. The van der Waals surface area contributed by atoms with Crippen LogP contribution in [-0.4, -0.2) is 29.5 Å². The van der Waals surface area contributed by atoms with Crippen molar-refractivity contribution in [2.45, 2.75) is 12.6 Å². The SMILES string of the molecule is Clc1ccccc1C1CNCCN1Cc1nccs1. The first-order valence-corrected chi connectivity index (χ1v) is 7.68. The van der Waals surface area contributed by atoms with E-state index in [4.69, 9.17) is 11.6 Å². The lowest BCUT2D eigenvalue weighted by atomic mass is 10.0. The van der Waals surface area contributed by atoms with Crippen LogP contribution in [0.4, 0.5) is 0 Å². The zero-order valence-corrected chi connectivity index (χ0v) is 12.1. The molecule has 1 aromatic carbocycles. The van der Waals surface area contributed by atoms with E-state index in [2.05, 4.69) is 27.3 Å². The smallest absolute Gasteiger partial charge is 0.107 e. The van der Waals surface area contributed by atoms with E-state index in [1.807, 2.05) is 23.7 Å². The second kappa shape index (κ2) is 6.01. The molecule has 1 saturated heterocycles. The average molecular weight is 294 g/mol. The number of halogens is 1. The van der Waals surface area contributed by atoms with Gasteiger partial charge in [-0.15, -0.1) is 11.3 Å². The molecule has 1 aromatic heterocycles. The van der Waals surface area contributed by atoms with Gasteiger partial charge in [-0.1, -0.05) is 29.8 Å². The summed E-state index contributed by atoms with van der Waals surface area (Å²) in [5.41, 5.74) is 1.20. The predicted octanol–water partition coefficient (Wildman–Crippen LogP) is 2.94. The van der Waals surface area contributed by atoms with Gasteiger partial charge in [0.25, 0.3) is 0 Å². The highest BCUT2D eigenvalue weighted by Gasteiger charge is 2.25. The number of nitrogens with zero attached hydrogens (tertiary/aromatic N) is 2. The van der Waals surface area contributed by atoms with E-state index in [1.165, 1.54) is 10.6 Å². The van der Waals surface area contributed by atoms with Crippen LogP contribution >= 0.6 is 22.9 Å². The van der Waals surface area contributed by atoms with Crippen molar-refractivity contribution in [2.75, 3.05) is 19.6 Å². The van der Waals surface area contributed by atoms with Crippen LogP contribution in [-0.2, 0) is 6.54 Å². The summed E-state index contributed by atoms with van der Waals surface area (Å²) < 4.78 is 0. The molecule has 0 bridgehead atoms. The van der Waals surface area contributed by atoms with Crippen molar-refractivity contribution in [1.82, 2.24) is 15.2 Å². The number of thiazole rings is 1. The molecule has 5 heteroatoms. The lowest BCUT2D eigenvalue weighted by molar-refractivity contribution is 0.153. The third kappa shape index (κ3) is 2.98. The number of nitrogens with one attached hydrogen (secondary N) is 1. The molecule has 1 unspecified atom stereocenters. The zero-order valence-electron chi connectivity index (χ0n) is 10.6. The van der Waals surface area contributed by atoms with Crippen molar-refractivity contribution in [1.29, 1.82) is 0 Å². The van der Waals surface area contributed by atoms with Gasteiger partial charge in [0.05, 0.1) is 6.54 Å². The van der Waals surface area contributed by atoms with E-state index in [-0.39, 0.29) is 0 Å². The van der Waals surface area contributed by atoms with Crippen molar-refractivity contribution < 1.29 is 0 Å². The van der Waals surface area contributed by atoms with Crippen molar-refractivity contribution >= 4 is 22.9 Å². The van der Waals surface area contributed by atoms with E-state index >= 15 is 0 Å². The summed E-state index contributed by atoms with van der Waals surface area (Å²) in [4.78, 5) is 6.84. The molecular weight excluding hydrogens is 278 g/mol. The Morgan fingerprint density at radius 1 is 1.42 bits per heavy atom. The Balaban J connectivity index is 1.83. The van der Waals surface area contributed by atoms with Gasteiger partial charge in [0.1, 0.15) is 5.01 Å². The van der Waals surface area contributed by atoms with Crippen molar-refractivity contribution in [3.05, 3.63) is 51.4 Å². The Labute approximate surface area is 122 Å². The minimum Gasteiger partial charge on any atom is -0.314 e. The van der Waals surface area contributed by atoms with E-state index in [0.29, 0.717) is 6.04 Å². The molecule has 0 radical (unpaired) electrons. The van der Waals surface area contributed by atoms with Gasteiger partial charge in [-0.25, -0.2) is 4.98 Å². The summed E-state index contributed by atoms with van der Waals surface area (Å²) in [7, 11) is 0. The van der Waals surface area contributed by atoms with Gasteiger partial charge in [0.2, 0.25) is 0 Å². The number of piperazine rings is 1. The Morgan fingerprint density at radius 3 is 3.11 bits per heavy atom.